The first-order valence-corrected chi connectivity index (χ1v) is 6.51. The minimum Gasteiger partial charge on any atom is -0.495 e. The summed E-state index contributed by atoms with van der Waals surface area (Å²) in [7, 11) is 1.53. The van der Waals surface area contributed by atoms with Crippen molar-refractivity contribution in [3.05, 3.63) is 23.2 Å². The zero-order valence-corrected chi connectivity index (χ0v) is 12.5. The number of hydrogen-bond acceptors (Lipinski definition) is 3. The van der Waals surface area contributed by atoms with E-state index in [9.17, 15) is 4.79 Å². The van der Waals surface area contributed by atoms with Crippen LogP contribution in [0.1, 0.15) is 27.2 Å². The lowest BCUT2D eigenvalue weighted by Crippen LogP contribution is -2.38. The van der Waals surface area contributed by atoms with E-state index in [2.05, 4.69) is 5.32 Å². The lowest BCUT2D eigenvalue weighted by molar-refractivity contribution is -0.117. The maximum Gasteiger partial charge on any atom is 0.225 e. The summed E-state index contributed by atoms with van der Waals surface area (Å²) in [6.07, 6.45) is 0.272. The molecule has 106 valence electrons. The van der Waals surface area contributed by atoms with Gasteiger partial charge in [-0.05, 0) is 17.5 Å². The van der Waals surface area contributed by atoms with Crippen LogP contribution in [0.15, 0.2) is 18.2 Å². The molecule has 1 aromatic carbocycles. The highest BCUT2D eigenvalue weighted by atomic mass is 35.5. The zero-order chi connectivity index (χ0) is 14.6. The van der Waals surface area contributed by atoms with Gasteiger partial charge in [0.1, 0.15) is 5.75 Å². The molecule has 0 aromatic heterocycles. The molecule has 1 atom stereocenters. The van der Waals surface area contributed by atoms with Crippen LogP contribution < -0.4 is 15.8 Å². The monoisotopic (exact) mass is 284 g/mol. The van der Waals surface area contributed by atoms with Crippen molar-refractivity contribution in [3.8, 4) is 5.75 Å². The molecule has 0 fully saturated rings. The van der Waals surface area contributed by atoms with Gasteiger partial charge in [0.15, 0.2) is 0 Å². The van der Waals surface area contributed by atoms with Crippen molar-refractivity contribution in [3.63, 3.8) is 0 Å². The maximum absolute atomic E-state index is 11.9. The van der Waals surface area contributed by atoms with E-state index < -0.39 is 0 Å². The quantitative estimate of drug-likeness (QED) is 0.893. The second-order valence-electron chi connectivity index (χ2n) is 5.57. The molecule has 19 heavy (non-hydrogen) atoms. The molecular weight excluding hydrogens is 264 g/mol. The van der Waals surface area contributed by atoms with Crippen LogP contribution in [-0.4, -0.2) is 19.1 Å². The summed E-state index contributed by atoms with van der Waals surface area (Å²) in [6, 6.07) is 4.90. The van der Waals surface area contributed by atoms with E-state index >= 15 is 0 Å². The van der Waals surface area contributed by atoms with Crippen molar-refractivity contribution in [2.75, 3.05) is 12.4 Å². The van der Waals surface area contributed by atoms with Crippen LogP contribution in [-0.2, 0) is 4.79 Å². The number of anilines is 1. The fourth-order valence-electron chi connectivity index (χ4n) is 1.46. The lowest BCUT2D eigenvalue weighted by Gasteiger charge is -2.26. The first-order chi connectivity index (χ1) is 8.74. The number of hydrogen-bond donors (Lipinski definition) is 2. The van der Waals surface area contributed by atoms with Crippen molar-refractivity contribution >= 4 is 23.2 Å². The number of ether oxygens (including phenoxy) is 1. The van der Waals surface area contributed by atoms with Crippen molar-refractivity contribution in [1.82, 2.24) is 0 Å². The van der Waals surface area contributed by atoms with Crippen LogP contribution in [0.3, 0.4) is 0 Å². The molecule has 0 radical (unpaired) electrons. The average Bonchev–Trinajstić information content (AvgIpc) is 2.30. The third kappa shape index (κ3) is 4.73. The first kappa shape index (κ1) is 15.8. The predicted molar refractivity (Wildman–Crippen MR) is 78.7 cm³/mol. The Morgan fingerprint density at radius 2 is 2.11 bits per heavy atom. The van der Waals surface area contributed by atoms with E-state index in [0.29, 0.717) is 16.5 Å². The predicted octanol–water partition coefficient (Wildman–Crippen LogP) is 3.05. The molecule has 0 saturated heterocycles. The molecule has 1 amide bonds. The second kappa shape index (κ2) is 6.26. The zero-order valence-electron chi connectivity index (χ0n) is 11.8. The van der Waals surface area contributed by atoms with Gasteiger partial charge in [-0.2, -0.15) is 0 Å². The highest BCUT2D eigenvalue weighted by Gasteiger charge is 2.23. The molecule has 3 N–H and O–H groups in total. The standard InChI is InChI=1S/C14H21ClN2O2/c1-14(2,3)12(16)8-13(18)17-9-5-6-10(15)11(7-9)19-4/h5-7,12H,8,16H2,1-4H3,(H,17,18). The van der Waals surface area contributed by atoms with E-state index in [1.165, 1.54) is 7.11 Å². The second-order valence-corrected chi connectivity index (χ2v) is 5.98. The number of nitrogens with one attached hydrogen (secondary N) is 1. The van der Waals surface area contributed by atoms with Gasteiger partial charge in [-0.3, -0.25) is 4.79 Å². The van der Waals surface area contributed by atoms with Crippen molar-refractivity contribution in [2.45, 2.75) is 33.2 Å². The Kier molecular flexibility index (Phi) is 5.20. The van der Waals surface area contributed by atoms with E-state index in [0.717, 1.165) is 0 Å². The van der Waals surface area contributed by atoms with E-state index in [1.807, 2.05) is 20.8 Å². The van der Waals surface area contributed by atoms with Crippen LogP contribution >= 0.6 is 11.6 Å². The highest BCUT2D eigenvalue weighted by molar-refractivity contribution is 6.32. The smallest absolute Gasteiger partial charge is 0.225 e. The lowest BCUT2D eigenvalue weighted by atomic mass is 9.85. The SMILES string of the molecule is COc1cc(NC(=O)CC(N)C(C)(C)C)ccc1Cl. The van der Waals surface area contributed by atoms with Gasteiger partial charge in [0.2, 0.25) is 5.91 Å². The molecule has 1 unspecified atom stereocenters. The van der Waals surface area contributed by atoms with Gasteiger partial charge >= 0.3 is 0 Å². The van der Waals surface area contributed by atoms with Gasteiger partial charge in [-0.1, -0.05) is 32.4 Å². The largest absolute Gasteiger partial charge is 0.495 e. The molecule has 0 saturated carbocycles. The summed E-state index contributed by atoms with van der Waals surface area (Å²) in [4.78, 5) is 11.9. The van der Waals surface area contributed by atoms with E-state index in [4.69, 9.17) is 22.1 Å². The first-order valence-electron chi connectivity index (χ1n) is 6.13. The van der Waals surface area contributed by atoms with Crippen LogP contribution in [0.2, 0.25) is 5.02 Å². The number of nitrogens with two attached hydrogens (primary N) is 1. The van der Waals surface area contributed by atoms with Gasteiger partial charge in [0.25, 0.3) is 0 Å². The number of amides is 1. The summed E-state index contributed by atoms with van der Waals surface area (Å²) >= 11 is 5.92. The third-order valence-corrected chi connectivity index (χ3v) is 3.26. The number of rotatable bonds is 4. The molecule has 0 aliphatic rings. The minimum atomic E-state index is -0.193. The van der Waals surface area contributed by atoms with Crippen LogP contribution in [0.5, 0.6) is 5.75 Å². The summed E-state index contributed by atoms with van der Waals surface area (Å²) in [5.41, 5.74) is 6.52. The summed E-state index contributed by atoms with van der Waals surface area (Å²) in [5.74, 6) is 0.409. The Morgan fingerprint density at radius 3 is 2.63 bits per heavy atom. The maximum atomic E-state index is 11.9. The number of halogens is 1. The van der Waals surface area contributed by atoms with Gasteiger partial charge in [0.05, 0.1) is 12.1 Å². The molecule has 0 bridgehead atoms. The molecule has 0 aliphatic heterocycles. The molecule has 1 aromatic rings. The van der Waals surface area contributed by atoms with Crippen LogP contribution in [0, 0.1) is 5.41 Å². The fraction of sp³-hybridized carbons (Fsp3) is 0.500. The number of carbonyl (C=O) groups excluding carboxylic acids is 1. The van der Waals surface area contributed by atoms with Gasteiger partial charge in [0, 0.05) is 24.2 Å². The van der Waals surface area contributed by atoms with Crippen molar-refractivity contribution in [1.29, 1.82) is 0 Å². The Labute approximate surface area is 119 Å². The Balaban J connectivity index is 2.67. The fourth-order valence-corrected chi connectivity index (χ4v) is 1.65. The third-order valence-electron chi connectivity index (χ3n) is 2.95. The van der Waals surface area contributed by atoms with Gasteiger partial charge in [-0.25, -0.2) is 0 Å². The molecule has 5 heteroatoms. The topological polar surface area (TPSA) is 64.3 Å². The van der Waals surface area contributed by atoms with Crippen molar-refractivity contribution < 1.29 is 9.53 Å². The number of carbonyl (C=O) groups is 1. The molecule has 1 rings (SSSR count). The van der Waals surface area contributed by atoms with E-state index in [-0.39, 0.29) is 23.8 Å². The van der Waals surface area contributed by atoms with Crippen LogP contribution in [0.4, 0.5) is 5.69 Å². The number of benzene rings is 1. The Morgan fingerprint density at radius 1 is 1.47 bits per heavy atom. The Bertz CT molecular complexity index is 455. The van der Waals surface area contributed by atoms with Crippen molar-refractivity contribution in [2.24, 2.45) is 11.1 Å². The Hall–Kier alpha value is -1.26. The van der Waals surface area contributed by atoms with Gasteiger partial charge in [-0.15, -0.1) is 0 Å². The average molecular weight is 285 g/mol. The molecule has 0 aliphatic carbocycles. The summed E-state index contributed by atoms with van der Waals surface area (Å²) in [5, 5.41) is 3.30. The highest BCUT2D eigenvalue weighted by Crippen LogP contribution is 2.27. The molecule has 0 heterocycles. The molecule has 0 spiro atoms. The molecular formula is C14H21ClN2O2. The summed E-state index contributed by atoms with van der Waals surface area (Å²) < 4.78 is 5.09. The van der Waals surface area contributed by atoms with Gasteiger partial charge < -0.3 is 15.8 Å². The summed E-state index contributed by atoms with van der Waals surface area (Å²) in [6.45, 7) is 6.03. The minimum absolute atomic E-state index is 0.102. The van der Waals surface area contributed by atoms with Crippen LogP contribution in [0.25, 0.3) is 0 Å². The normalized spacial score (nSPS) is 12.9. The molecule has 4 nitrogen and oxygen atoms in total. The van der Waals surface area contributed by atoms with E-state index in [1.54, 1.807) is 18.2 Å². The number of methoxy groups -OCH3 is 1.